The lowest BCUT2D eigenvalue weighted by Crippen LogP contribution is -2.10. The minimum Gasteiger partial charge on any atom is -0.330 e. The Kier molecular flexibility index (Phi) is 3.65. The summed E-state index contributed by atoms with van der Waals surface area (Å²) in [5.74, 6) is 2.15. The van der Waals surface area contributed by atoms with Crippen LogP contribution in [0.1, 0.15) is 56.1 Å². The molecule has 0 heterocycles. The van der Waals surface area contributed by atoms with Crippen LogP contribution in [-0.2, 0) is 0 Å². The van der Waals surface area contributed by atoms with Gasteiger partial charge in [-0.3, -0.25) is 0 Å². The van der Waals surface area contributed by atoms with Crippen molar-refractivity contribution in [2.75, 3.05) is 6.54 Å². The van der Waals surface area contributed by atoms with Gasteiger partial charge in [-0.2, -0.15) is 0 Å². The molecular weight excluding hydrogens is 194 g/mol. The predicted molar refractivity (Wildman–Crippen MR) is 69.7 cm³/mol. The first-order valence-corrected chi connectivity index (χ1v) is 6.50. The fraction of sp³-hybridized carbons (Fsp3) is 0.600. The zero-order chi connectivity index (χ0) is 11.5. The van der Waals surface area contributed by atoms with Crippen molar-refractivity contribution in [3.05, 3.63) is 35.4 Å². The predicted octanol–water partition coefficient (Wildman–Crippen LogP) is 3.65. The quantitative estimate of drug-likeness (QED) is 0.821. The zero-order valence-electron chi connectivity index (χ0n) is 10.4. The minimum absolute atomic E-state index is 0.634. The van der Waals surface area contributed by atoms with Crippen LogP contribution in [0.4, 0.5) is 0 Å². The van der Waals surface area contributed by atoms with Gasteiger partial charge in [0.1, 0.15) is 0 Å². The molecule has 0 radical (unpaired) electrons. The highest BCUT2D eigenvalue weighted by molar-refractivity contribution is 5.27. The van der Waals surface area contributed by atoms with E-state index in [2.05, 4.69) is 38.1 Å². The Morgan fingerprint density at radius 3 is 2.38 bits per heavy atom. The van der Waals surface area contributed by atoms with Gasteiger partial charge < -0.3 is 5.73 Å². The van der Waals surface area contributed by atoms with Gasteiger partial charge in [0.15, 0.2) is 0 Å². The summed E-state index contributed by atoms with van der Waals surface area (Å²) in [5.41, 5.74) is 8.69. The molecule has 2 N–H and O–H groups in total. The summed E-state index contributed by atoms with van der Waals surface area (Å²) in [6.45, 7) is 5.35. The van der Waals surface area contributed by atoms with Crippen LogP contribution in [0.5, 0.6) is 0 Å². The lowest BCUT2D eigenvalue weighted by molar-refractivity contribution is 0.551. The van der Waals surface area contributed by atoms with Crippen LogP contribution < -0.4 is 5.73 Å². The SMILES string of the molecule is CC(C)c1ccc(C2CCC(CN)C2)cc1. The number of nitrogens with two attached hydrogens (primary N) is 1. The van der Waals surface area contributed by atoms with E-state index in [0.29, 0.717) is 5.92 Å². The highest BCUT2D eigenvalue weighted by Crippen LogP contribution is 2.37. The summed E-state index contributed by atoms with van der Waals surface area (Å²) < 4.78 is 0. The zero-order valence-corrected chi connectivity index (χ0v) is 10.4. The number of benzene rings is 1. The molecular formula is C15H23N. The van der Waals surface area contributed by atoms with E-state index in [1.54, 1.807) is 0 Å². The molecule has 2 rings (SSSR count). The maximum atomic E-state index is 5.74. The van der Waals surface area contributed by atoms with Gasteiger partial charge in [-0.25, -0.2) is 0 Å². The smallest absolute Gasteiger partial charge is 0.00486 e. The second-order valence-corrected chi connectivity index (χ2v) is 5.43. The molecule has 0 aliphatic heterocycles. The average Bonchev–Trinajstić information content (AvgIpc) is 2.77. The standard InChI is InChI=1S/C15H23N/c1-11(2)13-5-7-14(8-6-13)15-4-3-12(9-15)10-16/h5-8,11-12,15H,3-4,9-10,16H2,1-2H3. The number of rotatable bonds is 3. The van der Waals surface area contributed by atoms with E-state index in [9.17, 15) is 0 Å². The molecule has 2 unspecified atom stereocenters. The molecule has 16 heavy (non-hydrogen) atoms. The Morgan fingerprint density at radius 2 is 1.88 bits per heavy atom. The topological polar surface area (TPSA) is 26.0 Å². The van der Waals surface area contributed by atoms with Crippen LogP contribution in [0, 0.1) is 5.92 Å². The van der Waals surface area contributed by atoms with E-state index >= 15 is 0 Å². The summed E-state index contributed by atoms with van der Waals surface area (Å²) in [5, 5.41) is 0. The minimum atomic E-state index is 0.634. The van der Waals surface area contributed by atoms with Crippen molar-refractivity contribution in [3.8, 4) is 0 Å². The van der Waals surface area contributed by atoms with Crippen molar-refractivity contribution in [2.24, 2.45) is 11.7 Å². The molecule has 0 spiro atoms. The van der Waals surface area contributed by atoms with Gasteiger partial charge in [-0.1, -0.05) is 38.1 Å². The molecule has 0 saturated heterocycles. The third-order valence-corrected chi connectivity index (χ3v) is 3.95. The highest BCUT2D eigenvalue weighted by atomic mass is 14.6. The van der Waals surface area contributed by atoms with Crippen LogP contribution in [0.15, 0.2) is 24.3 Å². The fourth-order valence-corrected chi connectivity index (χ4v) is 2.74. The second-order valence-electron chi connectivity index (χ2n) is 5.43. The first kappa shape index (κ1) is 11.7. The van der Waals surface area contributed by atoms with Crippen molar-refractivity contribution >= 4 is 0 Å². The van der Waals surface area contributed by atoms with E-state index in [4.69, 9.17) is 5.73 Å². The first-order valence-electron chi connectivity index (χ1n) is 6.50. The maximum Gasteiger partial charge on any atom is -0.00486 e. The lowest BCUT2D eigenvalue weighted by atomic mass is 9.93. The van der Waals surface area contributed by atoms with Crippen molar-refractivity contribution in [1.82, 2.24) is 0 Å². The van der Waals surface area contributed by atoms with Gasteiger partial charge in [-0.15, -0.1) is 0 Å². The third kappa shape index (κ3) is 2.46. The molecule has 2 atom stereocenters. The van der Waals surface area contributed by atoms with Gasteiger partial charge in [0.25, 0.3) is 0 Å². The molecule has 1 aromatic carbocycles. The average molecular weight is 217 g/mol. The summed E-state index contributed by atoms with van der Waals surface area (Å²) >= 11 is 0. The molecule has 0 amide bonds. The summed E-state index contributed by atoms with van der Waals surface area (Å²) in [7, 11) is 0. The molecule has 1 fully saturated rings. The van der Waals surface area contributed by atoms with E-state index in [1.807, 2.05) is 0 Å². The summed E-state index contributed by atoms with van der Waals surface area (Å²) in [6, 6.07) is 9.21. The van der Waals surface area contributed by atoms with Crippen LogP contribution >= 0.6 is 0 Å². The lowest BCUT2D eigenvalue weighted by Gasteiger charge is -2.12. The number of hydrogen-bond acceptors (Lipinski definition) is 1. The Morgan fingerprint density at radius 1 is 1.19 bits per heavy atom. The molecule has 0 bridgehead atoms. The third-order valence-electron chi connectivity index (χ3n) is 3.95. The Labute approximate surface area is 99.0 Å². The van der Waals surface area contributed by atoms with Crippen LogP contribution in [0.25, 0.3) is 0 Å². The summed E-state index contributed by atoms with van der Waals surface area (Å²) in [6.07, 6.45) is 3.92. The molecule has 1 heteroatoms. The van der Waals surface area contributed by atoms with Crippen LogP contribution in [0.3, 0.4) is 0 Å². The van der Waals surface area contributed by atoms with Gasteiger partial charge in [0, 0.05) is 0 Å². The largest absolute Gasteiger partial charge is 0.330 e. The number of hydrogen-bond donors (Lipinski definition) is 1. The molecule has 1 nitrogen and oxygen atoms in total. The van der Waals surface area contributed by atoms with E-state index < -0.39 is 0 Å². The molecule has 0 aromatic heterocycles. The Bertz CT molecular complexity index is 326. The van der Waals surface area contributed by atoms with E-state index in [1.165, 1.54) is 30.4 Å². The highest BCUT2D eigenvalue weighted by Gasteiger charge is 2.24. The van der Waals surface area contributed by atoms with Crippen LogP contribution in [0.2, 0.25) is 0 Å². The maximum absolute atomic E-state index is 5.74. The normalized spacial score (nSPS) is 25.2. The van der Waals surface area contributed by atoms with E-state index in [-0.39, 0.29) is 0 Å². The molecule has 1 aliphatic carbocycles. The molecule has 1 aliphatic rings. The molecule has 88 valence electrons. The first-order chi connectivity index (χ1) is 7.70. The van der Waals surface area contributed by atoms with Crippen molar-refractivity contribution < 1.29 is 0 Å². The van der Waals surface area contributed by atoms with Gasteiger partial charge >= 0.3 is 0 Å². The monoisotopic (exact) mass is 217 g/mol. The van der Waals surface area contributed by atoms with E-state index in [0.717, 1.165) is 18.4 Å². The van der Waals surface area contributed by atoms with Gasteiger partial charge in [0.2, 0.25) is 0 Å². The van der Waals surface area contributed by atoms with Gasteiger partial charge in [-0.05, 0) is 54.7 Å². The molecule has 1 aromatic rings. The Hall–Kier alpha value is -0.820. The summed E-state index contributed by atoms with van der Waals surface area (Å²) in [4.78, 5) is 0. The van der Waals surface area contributed by atoms with Crippen molar-refractivity contribution in [2.45, 2.75) is 44.9 Å². The van der Waals surface area contributed by atoms with Crippen molar-refractivity contribution in [1.29, 1.82) is 0 Å². The van der Waals surface area contributed by atoms with Crippen LogP contribution in [-0.4, -0.2) is 6.54 Å². The second kappa shape index (κ2) is 5.01. The van der Waals surface area contributed by atoms with Crippen molar-refractivity contribution in [3.63, 3.8) is 0 Å². The Balaban J connectivity index is 2.05. The molecule has 1 saturated carbocycles. The van der Waals surface area contributed by atoms with Gasteiger partial charge in [0.05, 0.1) is 0 Å². The fourth-order valence-electron chi connectivity index (χ4n) is 2.74.